The van der Waals surface area contributed by atoms with Crippen molar-refractivity contribution < 1.29 is 19.1 Å². The van der Waals surface area contributed by atoms with E-state index in [-0.39, 0.29) is 17.8 Å². The summed E-state index contributed by atoms with van der Waals surface area (Å²) in [5.74, 6) is -1.64. The number of carbonyl (C=O) groups is 2. The van der Waals surface area contributed by atoms with E-state index in [2.05, 4.69) is 5.32 Å². The van der Waals surface area contributed by atoms with Gasteiger partial charge in [-0.2, -0.15) is 0 Å². The molecule has 0 spiro atoms. The van der Waals surface area contributed by atoms with E-state index >= 15 is 0 Å². The summed E-state index contributed by atoms with van der Waals surface area (Å²) in [5.41, 5.74) is -0.347. The molecule has 3 rings (SSSR count). The number of benzene rings is 1. The summed E-state index contributed by atoms with van der Waals surface area (Å²) in [7, 11) is 0. The van der Waals surface area contributed by atoms with E-state index in [9.17, 15) is 14.0 Å². The molecule has 19 heavy (non-hydrogen) atoms. The predicted molar refractivity (Wildman–Crippen MR) is 65.0 cm³/mol. The van der Waals surface area contributed by atoms with Crippen molar-refractivity contribution in [3.63, 3.8) is 0 Å². The lowest BCUT2D eigenvalue weighted by molar-refractivity contribution is -0.149. The van der Waals surface area contributed by atoms with E-state index in [1.807, 2.05) is 6.07 Å². The number of rotatable bonds is 4. The standard InChI is InChI=1S/C14H14FNO3/c15-9-3-1-2-8(6-9)10-7-11(10)16-12(17)14(4-5-14)13(18)19/h1-3,6,10-11H,4-5,7H2,(H,16,17)(H,18,19)/t10-,11+/m0/s1. The van der Waals surface area contributed by atoms with E-state index in [0.717, 1.165) is 12.0 Å². The van der Waals surface area contributed by atoms with Gasteiger partial charge < -0.3 is 10.4 Å². The molecule has 5 heteroatoms. The van der Waals surface area contributed by atoms with Crippen molar-refractivity contribution in [3.8, 4) is 0 Å². The molecule has 0 aromatic heterocycles. The molecule has 1 amide bonds. The quantitative estimate of drug-likeness (QED) is 0.812. The molecule has 0 bridgehead atoms. The Bertz CT molecular complexity index is 553. The van der Waals surface area contributed by atoms with Gasteiger partial charge in [-0.15, -0.1) is 0 Å². The number of amides is 1. The van der Waals surface area contributed by atoms with Crippen molar-refractivity contribution in [2.75, 3.05) is 0 Å². The van der Waals surface area contributed by atoms with Crippen LogP contribution in [0.3, 0.4) is 0 Å². The molecule has 0 saturated heterocycles. The molecule has 0 unspecified atom stereocenters. The minimum atomic E-state index is -1.20. The summed E-state index contributed by atoms with van der Waals surface area (Å²) < 4.78 is 13.1. The number of aliphatic carboxylic acids is 1. The Balaban J connectivity index is 1.62. The second-order valence-corrected chi connectivity index (χ2v) is 5.36. The van der Waals surface area contributed by atoms with Crippen molar-refractivity contribution in [2.24, 2.45) is 5.41 Å². The fraction of sp³-hybridized carbons (Fsp3) is 0.429. The molecule has 0 heterocycles. The first-order valence-corrected chi connectivity index (χ1v) is 6.33. The number of carboxylic acids is 1. The lowest BCUT2D eigenvalue weighted by atomic mass is 10.1. The maximum absolute atomic E-state index is 13.1. The van der Waals surface area contributed by atoms with Crippen molar-refractivity contribution >= 4 is 11.9 Å². The Kier molecular flexibility index (Phi) is 2.59. The van der Waals surface area contributed by atoms with Crippen LogP contribution in [0.1, 0.15) is 30.7 Å². The third-order valence-corrected chi connectivity index (χ3v) is 3.98. The van der Waals surface area contributed by atoms with E-state index < -0.39 is 17.3 Å². The Hall–Kier alpha value is -1.91. The second-order valence-electron chi connectivity index (χ2n) is 5.36. The zero-order valence-electron chi connectivity index (χ0n) is 10.2. The van der Waals surface area contributed by atoms with Crippen molar-refractivity contribution in [3.05, 3.63) is 35.6 Å². The van der Waals surface area contributed by atoms with Crippen molar-refractivity contribution in [1.29, 1.82) is 0 Å². The summed E-state index contributed by atoms with van der Waals surface area (Å²) in [5, 5.41) is 11.8. The molecule has 2 aliphatic rings. The average molecular weight is 263 g/mol. The van der Waals surface area contributed by atoms with Crippen LogP contribution in [-0.2, 0) is 9.59 Å². The van der Waals surface area contributed by atoms with Gasteiger partial charge in [-0.3, -0.25) is 9.59 Å². The number of carboxylic acid groups (broad SMARTS) is 1. The molecule has 1 aromatic rings. The van der Waals surface area contributed by atoms with Gasteiger partial charge in [0, 0.05) is 12.0 Å². The lowest BCUT2D eigenvalue weighted by Crippen LogP contribution is -2.38. The molecule has 2 saturated carbocycles. The molecule has 0 aliphatic heterocycles. The molecule has 4 nitrogen and oxygen atoms in total. The lowest BCUT2D eigenvalue weighted by Gasteiger charge is -2.10. The minimum absolute atomic E-state index is 0.0638. The highest BCUT2D eigenvalue weighted by Crippen LogP contribution is 2.48. The van der Waals surface area contributed by atoms with Crippen LogP contribution in [0.5, 0.6) is 0 Å². The van der Waals surface area contributed by atoms with Gasteiger partial charge in [0.05, 0.1) is 0 Å². The third-order valence-electron chi connectivity index (χ3n) is 3.98. The first-order valence-electron chi connectivity index (χ1n) is 6.33. The third kappa shape index (κ3) is 2.09. The molecule has 0 radical (unpaired) electrons. The van der Waals surface area contributed by atoms with Gasteiger partial charge in [0.15, 0.2) is 0 Å². The molecule has 100 valence electrons. The summed E-state index contributed by atoms with van der Waals surface area (Å²) in [6, 6.07) is 6.24. The van der Waals surface area contributed by atoms with Crippen LogP contribution < -0.4 is 5.32 Å². The highest BCUT2D eigenvalue weighted by atomic mass is 19.1. The molecule has 1 aromatic carbocycles. The molecule has 2 fully saturated rings. The first kappa shape index (κ1) is 12.1. The fourth-order valence-electron chi connectivity index (χ4n) is 2.43. The van der Waals surface area contributed by atoms with Gasteiger partial charge >= 0.3 is 5.97 Å². The van der Waals surface area contributed by atoms with E-state index in [1.165, 1.54) is 12.1 Å². The Morgan fingerprint density at radius 1 is 1.37 bits per heavy atom. The van der Waals surface area contributed by atoms with Gasteiger partial charge in [0.2, 0.25) is 5.91 Å². The van der Waals surface area contributed by atoms with Gasteiger partial charge in [0.25, 0.3) is 0 Å². The Labute approximate surface area is 109 Å². The van der Waals surface area contributed by atoms with Crippen LogP contribution in [0.4, 0.5) is 4.39 Å². The number of halogens is 1. The van der Waals surface area contributed by atoms with Gasteiger partial charge in [0.1, 0.15) is 11.2 Å². The van der Waals surface area contributed by atoms with Crippen LogP contribution in [0.2, 0.25) is 0 Å². The maximum Gasteiger partial charge on any atom is 0.319 e. The van der Waals surface area contributed by atoms with Crippen LogP contribution in [0.15, 0.2) is 24.3 Å². The van der Waals surface area contributed by atoms with Crippen LogP contribution in [-0.4, -0.2) is 23.0 Å². The monoisotopic (exact) mass is 263 g/mol. The van der Waals surface area contributed by atoms with Crippen molar-refractivity contribution in [2.45, 2.75) is 31.2 Å². The Morgan fingerprint density at radius 3 is 2.68 bits per heavy atom. The summed E-state index contributed by atoms with van der Waals surface area (Å²) in [6.45, 7) is 0. The van der Waals surface area contributed by atoms with Crippen LogP contribution in [0, 0.1) is 11.2 Å². The van der Waals surface area contributed by atoms with E-state index in [1.54, 1.807) is 6.07 Å². The van der Waals surface area contributed by atoms with Crippen molar-refractivity contribution in [1.82, 2.24) is 5.32 Å². The predicted octanol–water partition coefficient (Wildman–Crippen LogP) is 1.66. The summed E-state index contributed by atoms with van der Waals surface area (Å²) in [6.07, 6.45) is 1.56. The topological polar surface area (TPSA) is 66.4 Å². The SMILES string of the molecule is O=C(O)C1(C(=O)N[C@@H]2C[C@H]2c2cccc(F)c2)CC1. The zero-order valence-corrected chi connectivity index (χ0v) is 10.2. The minimum Gasteiger partial charge on any atom is -0.480 e. The average Bonchev–Trinajstić information content (AvgIpc) is 3.23. The van der Waals surface area contributed by atoms with E-state index in [0.29, 0.717) is 12.8 Å². The van der Waals surface area contributed by atoms with Gasteiger partial charge in [-0.1, -0.05) is 12.1 Å². The zero-order chi connectivity index (χ0) is 13.6. The normalized spacial score (nSPS) is 26.6. The number of carbonyl (C=O) groups excluding carboxylic acids is 1. The highest BCUT2D eigenvalue weighted by molar-refractivity contribution is 6.05. The van der Waals surface area contributed by atoms with Gasteiger partial charge in [-0.25, -0.2) is 4.39 Å². The summed E-state index contributed by atoms with van der Waals surface area (Å²) in [4.78, 5) is 22.9. The van der Waals surface area contributed by atoms with Crippen LogP contribution >= 0.6 is 0 Å². The van der Waals surface area contributed by atoms with E-state index in [4.69, 9.17) is 5.11 Å². The highest BCUT2D eigenvalue weighted by Gasteiger charge is 2.58. The number of hydrogen-bond acceptors (Lipinski definition) is 2. The molecule has 2 aliphatic carbocycles. The largest absolute Gasteiger partial charge is 0.480 e. The smallest absolute Gasteiger partial charge is 0.319 e. The fourth-order valence-corrected chi connectivity index (χ4v) is 2.43. The first-order chi connectivity index (χ1) is 9.03. The Morgan fingerprint density at radius 2 is 2.11 bits per heavy atom. The second kappa shape index (κ2) is 4.05. The number of nitrogens with one attached hydrogen (secondary N) is 1. The summed E-state index contributed by atoms with van der Waals surface area (Å²) >= 11 is 0. The molecular formula is C14H14FNO3. The van der Waals surface area contributed by atoms with Crippen LogP contribution in [0.25, 0.3) is 0 Å². The molecule has 2 N–H and O–H groups in total. The maximum atomic E-state index is 13.1. The number of hydrogen-bond donors (Lipinski definition) is 2. The van der Waals surface area contributed by atoms with Gasteiger partial charge in [-0.05, 0) is 37.0 Å². The molecule has 2 atom stereocenters. The molecular weight excluding hydrogens is 249 g/mol.